The van der Waals surface area contributed by atoms with E-state index in [-0.39, 0.29) is 11.9 Å². The summed E-state index contributed by atoms with van der Waals surface area (Å²) in [4.78, 5) is 24.7. The lowest BCUT2D eigenvalue weighted by Crippen LogP contribution is -2.31. The topological polar surface area (TPSA) is 63.6 Å². The van der Waals surface area contributed by atoms with Crippen LogP contribution in [0.1, 0.15) is 65.4 Å². The van der Waals surface area contributed by atoms with Gasteiger partial charge in [0.25, 0.3) is 0 Å². The minimum atomic E-state index is -0.843. The lowest BCUT2D eigenvalue weighted by molar-refractivity contribution is -0.161. The van der Waals surface area contributed by atoms with Crippen LogP contribution in [0.2, 0.25) is 0 Å². The van der Waals surface area contributed by atoms with Gasteiger partial charge in [0, 0.05) is 0 Å². The molecule has 0 aliphatic carbocycles. The number of benzene rings is 2. The second-order valence-electron chi connectivity index (χ2n) is 9.25. The molecule has 2 atom stereocenters. The van der Waals surface area contributed by atoms with Gasteiger partial charge in [0.1, 0.15) is 5.60 Å². The van der Waals surface area contributed by atoms with E-state index in [1.165, 1.54) is 0 Å². The first kappa shape index (κ1) is 24.6. The molecule has 4 nitrogen and oxygen atoms in total. The highest BCUT2D eigenvalue weighted by atomic mass is 16.6. The molecule has 0 aromatic heterocycles. The Morgan fingerprint density at radius 1 is 0.935 bits per heavy atom. The van der Waals surface area contributed by atoms with Gasteiger partial charge in [-0.05, 0) is 63.1 Å². The minimum absolute atomic E-state index is 0.279. The molecule has 4 heteroatoms. The Labute approximate surface area is 186 Å². The Morgan fingerprint density at radius 2 is 1.61 bits per heavy atom. The summed E-state index contributed by atoms with van der Waals surface area (Å²) in [5.74, 6) is -2.08. The van der Waals surface area contributed by atoms with Crippen LogP contribution in [0.15, 0.2) is 54.6 Å². The van der Waals surface area contributed by atoms with Gasteiger partial charge in [0.15, 0.2) is 0 Å². The fraction of sp³-hybridized carbons (Fsp3) is 0.481. The van der Waals surface area contributed by atoms with Crippen LogP contribution in [0.25, 0.3) is 11.1 Å². The number of hydrogen-bond acceptors (Lipinski definition) is 3. The molecule has 2 aromatic carbocycles. The summed E-state index contributed by atoms with van der Waals surface area (Å²) in [7, 11) is 0. The minimum Gasteiger partial charge on any atom is -0.481 e. The zero-order valence-corrected chi connectivity index (χ0v) is 19.3. The molecule has 0 heterocycles. The van der Waals surface area contributed by atoms with Gasteiger partial charge in [0.2, 0.25) is 0 Å². The third-order valence-electron chi connectivity index (χ3n) is 5.38. The van der Waals surface area contributed by atoms with Crippen molar-refractivity contribution in [1.82, 2.24) is 0 Å². The van der Waals surface area contributed by atoms with E-state index in [0.717, 1.165) is 29.5 Å². The lowest BCUT2D eigenvalue weighted by atomic mass is 9.86. The summed E-state index contributed by atoms with van der Waals surface area (Å²) in [6.07, 6.45) is 3.99. The standard InChI is InChI=1S/C27H36O4/c1-5-6-12-24(26(30)31-27(2,3)4)19-23(25(28)29)17-16-20-11-10-15-22(18-20)21-13-8-7-9-14-21/h7-11,13-15,18,23-24H,5-6,12,16-17,19H2,1-4H3,(H,28,29)/t23-,24+/m1/s1. The van der Waals surface area contributed by atoms with Crippen LogP contribution in [-0.4, -0.2) is 22.6 Å². The fourth-order valence-electron chi connectivity index (χ4n) is 3.73. The highest BCUT2D eigenvalue weighted by Gasteiger charge is 2.30. The molecule has 2 rings (SSSR count). The quantitative estimate of drug-likeness (QED) is 0.417. The molecule has 1 N–H and O–H groups in total. The van der Waals surface area contributed by atoms with E-state index in [1.54, 1.807) is 0 Å². The number of carboxylic acid groups (broad SMARTS) is 1. The van der Waals surface area contributed by atoms with Crippen molar-refractivity contribution in [3.63, 3.8) is 0 Å². The third kappa shape index (κ3) is 8.56. The molecule has 0 saturated carbocycles. The van der Waals surface area contributed by atoms with Crippen LogP contribution in [0.5, 0.6) is 0 Å². The predicted molar refractivity (Wildman–Crippen MR) is 125 cm³/mol. The summed E-state index contributed by atoms with van der Waals surface area (Å²) >= 11 is 0. The Bertz CT molecular complexity index is 836. The van der Waals surface area contributed by atoms with Gasteiger partial charge in [-0.15, -0.1) is 0 Å². The number of rotatable bonds is 11. The van der Waals surface area contributed by atoms with Crippen LogP contribution in [-0.2, 0) is 20.7 Å². The van der Waals surface area contributed by atoms with Crippen LogP contribution in [0.4, 0.5) is 0 Å². The molecule has 31 heavy (non-hydrogen) atoms. The second kappa shape index (κ2) is 11.7. The first-order valence-corrected chi connectivity index (χ1v) is 11.3. The van der Waals surface area contributed by atoms with Crippen LogP contribution in [0.3, 0.4) is 0 Å². The number of carbonyl (C=O) groups excluding carboxylic acids is 1. The van der Waals surface area contributed by atoms with Gasteiger partial charge in [0.05, 0.1) is 11.8 Å². The van der Waals surface area contributed by atoms with E-state index < -0.39 is 17.5 Å². The molecule has 0 unspecified atom stereocenters. The first-order valence-electron chi connectivity index (χ1n) is 11.3. The monoisotopic (exact) mass is 424 g/mol. The average Bonchev–Trinajstić information content (AvgIpc) is 2.72. The summed E-state index contributed by atoms with van der Waals surface area (Å²) in [5, 5.41) is 9.82. The van der Waals surface area contributed by atoms with Gasteiger partial charge < -0.3 is 9.84 Å². The molecule has 0 aliphatic rings. The molecule has 0 saturated heterocycles. The summed E-state index contributed by atoms with van der Waals surface area (Å²) < 4.78 is 5.57. The smallest absolute Gasteiger partial charge is 0.309 e. The van der Waals surface area contributed by atoms with E-state index >= 15 is 0 Å². The zero-order valence-electron chi connectivity index (χ0n) is 19.3. The number of unbranched alkanes of at least 4 members (excludes halogenated alkanes) is 1. The van der Waals surface area contributed by atoms with Crippen LogP contribution < -0.4 is 0 Å². The Balaban J connectivity index is 2.07. The Hall–Kier alpha value is -2.62. The van der Waals surface area contributed by atoms with E-state index in [1.807, 2.05) is 51.1 Å². The predicted octanol–water partition coefficient (Wildman–Crippen LogP) is 6.53. The molecular formula is C27H36O4. The number of aryl methyl sites for hydroxylation is 1. The van der Waals surface area contributed by atoms with Gasteiger partial charge in [-0.25, -0.2) is 0 Å². The largest absolute Gasteiger partial charge is 0.481 e. The highest BCUT2D eigenvalue weighted by Crippen LogP contribution is 2.27. The fourth-order valence-corrected chi connectivity index (χ4v) is 3.73. The van der Waals surface area contributed by atoms with Gasteiger partial charge in [-0.3, -0.25) is 9.59 Å². The molecule has 2 aromatic rings. The van der Waals surface area contributed by atoms with E-state index in [0.29, 0.717) is 25.7 Å². The van der Waals surface area contributed by atoms with Gasteiger partial charge in [-0.2, -0.15) is 0 Å². The maximum atomic E-state index is 12.7. The number of carboxylic acids is 1. The molecule has 0 aliphatic heterocycles. The van der Waals surface area contributed by atoms with E-state index in [2.05, 4.69) is 31.2 Å². The number of carbonyl (C=O) groups is 2. The Morgan fingerprint density at radius 3 is 2.23 bits per heavy atom. The van der Waals surface area contributed by atoms with Crippen molar-refractivity contribution in [3.8, 4) is 11.1 Å². The van der Waals surface area contributed by atoms with Crippen molar-refractivity contribution in [1.29, 1.82) is 0 Å². The maximum Gasteiger partial charge on any atom is 0.309 e. The zero-order chi connectivity index (χ0) is 22.9. The highest BCUT2D eigenvalue weighted by molar-refractivity contribution is 5.75. The number of ether oxygens (including phenoxy) is 1. The van der Waals surface area contributed by atoms with Crippen molar-refractivity contribution in [2.24, 2.45) is 11.8 Å². The first-order chi connectivity index (χ1) is 14.7. The lowest BCUT2D eigenvalue weighted by Gasteiger charge is -2.25. The summed E-state index contributed by atoms with van der Waals surface area (Å²) in [6, 6.07) is 18.4. The number of hydrogen-bond donors (Lipinski definition) is 1. The normalized spacial score (nSPS) is 13.4. The second-order valence-corrected chi connectivity index (χ2v) is 9.25. The molecule has 0 fully saturated rings. The average molecular weight is 425 g/mol. The van der Waals surface area contributed by atoms with E-state index in [9.17, 15) is 14.7 Å². The van der Waals surface area contributed by atoms with Gasteiger partial charge in [-0.1, -0.05) is 74.4 Å². The number of aliphatic carboxylic acids is 1. The SMILES string of the molecule is CCCC[C@@H](C[C@@H](CCc1cccc(-c2ccccc2)c1)C(=O)O)C(=O)OC(C)(C)C. The molecule has 0 radical (unpaired) electrons. The maximum absolute atomic E-state index is 12.7. The summed E-state index contributed by atoms with van der Waals surface area (Å²) in [6.45, 7) is 7.60. The van der Waals surface area contributed by atoms with Gasteiger partial charge >= 0.3 is 11.9 Å². The summed E-state index contributed by atoms with van der Waals surface area (Å²) in [5.41, 5.74) is 2.80. The molecule has 168 valence electrons. The van der Waals surface area contributed by atoms with Crippen molar-refractivity contribution < 1.29 is 19.4 Å². The Kier molecular flexibility index (Phi) is 9.29. The molecular weight excluding hydrogens is 388 g/mol. The number of esters is 1. The van der Waals surface area contributed by atoms with Crippen LogP contribution in [0, 0.1) is 11.8 Å². The van der Waals surface area contributed by atoms with Crippen molar-refractivity contribution in [3.05, 3.63) is 60.2 Å². The molecule has 0 amide bonds. The van der Waals surface area contributed by atoms with E-state index in [4.69, 9.17) is 4.74 Å². The van der Waals surface area contributed by atoms with Crippen molar-refractivity contribution >= 4 is 11.9 Å². The van der Waals surface area contributed by atoms with Crippen molar-refractivity contribution in [2.75, 3.05) is 0 Å². The van der Waals surface area contributed by atoms with Crippen molar-refractivity contribution in [2.45, 2.75) is 71.8 Å². The molecule has 0 bridgehead atoms. The van der Waals surface area contributed by atoms with Crippen LogP contribution >= 0.6 is 0 Å². The third-order valence-corrected chi connectivity index (χ3v) is 5.38. The molecule has 0 spiro atoms.